The minimum absolute atomic E-state index is 0.0658. The molecule has 0 spiro atoms. The van der Waals surface area contributed by atoms with E-state index in [4.69, 9.17) is 18.0 Å². The van der Waals surface area contributed by atoms with Gasteiger partial charge in [0, 0.05) is 18.2 Å². The van der Waals surface area contributed by atoms with Crippen molar-refractivity contribution in [3.63, 3.8) is 0 Å². The van der Waals surface area contributed by atoms with Crippen molar-refractivity contribution in [2.45, 2.75) is 6.92 Å². The molecular formula is C11H14FN3OS. The molecule has 1 unspecified atom stereocenters. The van der Waals surface area contributed by atoms with Crippen LogP contribution in [-0.2, 0) is 0 Å². The predicted octanol–water partition coefficient (Wildman–Crippen LogP) is 1.87. The van der Waals surface area contributed by atoms with Crippen molar-refractivity contribution in [3.8, 4) is 0 Å². The molecule has 0 aromatic heterocycles. The summed E-state index contributed by atoms with van der Waals surface area (Å²) >= 11 is 4.78. The smallest absolute Gasteiger partial charge is 0.319 e. The molecule has 1 rings (SSSR count). The second-order valence-corrected chi connectivity index (χ2v) is 4.12. The van der Waals surface area contributed by atoms with Crippen LogP contribution in [0.15, 0.2) is 24.3 Å². The number of thiocarbonyl (C=S) groups is 1. The Bertz CT molecular complexity index is 408. The van der Waals surface area contributed by atoms with E-state index in [-0.39, 0.29) is 17.8 Å². The quantitative estimate of drug-likeness (QED) is 0.719. The van der Waals surface area contributed by atoms with Crippen molar-refractivity contribution in [3.05, 3.63) is 30.1 Å². The fraction of sp³-hybridized carbons (Fsp3) is 0.273. The first-order valence-corrected chi connectivity index (χ1v) is 5.49. The number of rotatable bonds is 4. The zero-order valence-electron chi connectivity index (χ0n) is 9.37. The zero-order chi connectivity index (χ0) is 12.8. The number of urea groups is 1. The minimum Gasteiger partial charge on any atom is -0.393 e. The summed E-state index contributed by atoms with van der Waals surface area (Å²) in [6, 6.07) is 5.12. The van der Waals surface area contributed by atoms with Crippen LogP contribution in [0, 0.1) is 11.7 Å². The van der Waals surface area contributed by atoms with Crippen LogP contribution in [0.5, 0.6) is 0 Å². The van der Waals surface area contributed by atoms with Gasteiger partial charge in [-0.25, -0.2) is 9.18 Å². The molecule has 6 heteroatoms. The van der Waals surface area contributed by atoms with Crippen LogP contribution in [-0.4, -0.2) is 17.6 Å². The summed E-state index contributed by atoms with van der Waals surface area (Å²) in [5, 5.41) is 5.18. The molecule has 0 heterocycles. The number of carbonyl (C=O) groups is 1. The van der Waals surface area contributed by atoms with Crippen LogP contribution in [0.25, 0.3) is 0 Å². The third-order valence-electron chi connectivity index (χ3n) is 2.16. The van der Waals surface area contributed by atoms with Gasteiger partial charge in [-0.15, -0.1) is 0 Å². The van der Waals surface area contributed by atoms with Gasteiger partial charge in [-0.3, -0.25) is 0 Å². The monoisotopic (exact) mass is 255 g/mol. The highest BCUT2D eigenvalue weighted by atomic mass is 32.1. The van der Waals surface area contributed by atoms with Gasteiger partial charge in [0.25, 0.3) is 0 Å². The van der Waals surface area contributed by atoms with Crippen molar-refractivity contribution in [2.24, 2.45) is 11.7 Å². The molecule has 0 fully saturated rings. The topological polar surface area (TPSA) is 67.2 Å². The molecule has 4 N–H and O–H groups in total. The third kappa shape index (κ3) is 4.78. The van der Waals surface area contributed by atoms with Crippen LogP contribution < -0.4 is 16.4 Å². The maximum atomic E-state index is 12.6. The van der Waals surface area contributed by atoms with E-state index in [1.165, 1.54) is 24.3 Å². The number of hydrogen-bond acceptors (Lipinski definition) is 2. The molecule has 1 aromatic carbocycles. The van der Waals surface area contributed by atoms with Crippen LogP contribution in [0.1, 0.15) is 6.92 Å². The Hall–Kier alpha value is -1.69. The number of halogens is 1. The summed E-state index contributed by atoms with van der Waals surface area (Å²) in [6.07, 6.45) is 0. The summed E-state index contributed by atoms with van der Waals surface area (Å²) in [4.78, 5) is 11.8. The SMILES string of the molecule is CC(CNC(=O)Nc1ccc(F)cc1)C(N)=S. The maximum Gasteiger partial charge on any atom is 0.319 e. The van der Waals surface area contributed by atoms with E-state index in [2.05, 4.69) is 10.6 Å². The van der Waals surface area contributed by atoms with Crippen LogP contribution >= 0.6 is 12.2 Å². The lowest BCUT2D eigenvalue weighted by Gasteiger charge is -2.11. The summed E-state index contributed by atoms with van der Waals surface area (Å²) in [5.74, 6) is -0.415. The molecule has 4 nitrogen and oxygen atoms in total. The largest absolute Gasteiger partial charge is 0.393 e. The molecule has 0 saturated carbocycles. The Morgan fingerprint density at radius 2 is 2.06 bits per heavy atom. The first-order chi connectivity index (χ1) is 7.99. The van der Waals surface area contributed by atoms with E-state index >= 15 is 0 Å². The van der Waals surface area contributed by atoms with Crippen LogP contribution in [0.4, 0.5) is 14.9 Å². The van der Waals surface area contributed by atoms with E-state index in [1.54, 1.807) is 0 Å². The summed E-state index contributed by atoms with van der Waals surface area (Å²) in [6.45, 7) is 2.18. The highest BCUT2D eigenvalue weighted by Crippen LogP contribution is 2.07. The molecule has 1 aromatic rings. The number of nitrogens with one attached hydrogen (secondary N) is 2. The van der Waals surface area contributed by atoms with Gasteiger partial charge in [-0.1, -0.05) is 19.1 Å². The molecular weight excluding hydrogens is 241 g/mol. The molecule has 92 valence electrons. The normalized spacial score (nSPS) is 11.6. The number of nitrogens with two attached hydrogens (primary N) is 1. The third-order valence-corrected chi connectivity index (χ3v) is 2.56. The Morgan fingerprint density at radius 1 is 1.47 bits per heavy atom. The van der Waals surface area contributed by atoms with Crippen molar-refractivity contribution < 1.29 is 9.18 Å². The Morgan fingerprint density at radius 3 is 2.59 bits per heavy atom. The molecule has 0 aliphatic rings. The van der Waals surface area contributed by atoms with Gasteiger partial charge >= 0.3 is 6.03 Å². The number of hydrogen-bond donors (Lipinski definition) is 3. The predicted molar refractivity (Wildman–Crippen MR) is 69.4 cm³/mol. The van der Waals surface area contributed by atoms with E-state index in [9.17, 15) is 9.18 Å². The summed E-state index contributed by atoms with van der Waals surface area (Å²) in [7, 11) is 0. The van der Waals surface area contributed by atoms with E-state index in [0.717, 1.165) is 0 Å². The standard InChI is InChI=1S/C11H14FN3OS/c1-7(10(13)17)6-14-11(16)15-9-4-2-8(12)3-5-9/h2-5,7H,6H2,1H3,(H2,13,17)(H2,14,15,16). The summed E-state index contributed by atoms with van der Waals surface area (Å²) < 4.78 is 12.6. The van der Waals surface area contributed by atoms with Crippen molar-refractivity contribution in [2.75, 3.05) is 11.9 Å². The lowest BCUT2D eigenvalue weighted by molar-refractivity contribution is 0.251. The Labute approximate surface area is 104 Å². The summed E-state index contributed by atoms with van der Waals surface area (Å²) in [5.41, 5.74) is 5.93. The number of carbonyl (C=O) groups excluding carboxylic acids is 1. The van der Waals surface area contributed by atoms with E-state index < -0.39 is 0 Å². The van der Waals surface area contributed by atoms with Crippen LogP contribution in [0.2, 0.25) is 0 Å². The van der Waals surface area contributed by atoms with Crippen molar-refractivity contribution in [1.82, 2.24) is 5.32 Å². The first kappa shape index (κ1) is 13.4. The van der Waals surface area contributed by atoms with Crippen molar-refractivity contribution in [1.29, 1.82) is 0 Å². The van der Waals surface area contributed by atoms with Gasteiger partial charge in [0.1, 0.15) is 5.82 Å². The highest BCUT2D eigenvalue weighted by molar-refractivity contribution is 7.80. The molecule has 0 aliphatic heterocycles. The van der Waals surface area contributed by atoms with Gasteiger partial charge in [-0.05, 0) is 24.3 Å². The van der Waals surface area contributed by atoms with Gasteiger partial charge < -0.3 is 16.4 Å². The zero-order valence-corrected chi connectivity index (χ0v) is 10.2. The molecule has 0 radical (unpaired) electrons. The minimum atomic E-state index is -0.375. The Kier molecular flexibility index (Phi) is 4.84. The number of benzene rings is 1. The molecule has 0 bridgehead atoms. The van der Waals surface area contributed by atoms with Crippen molar-refractivity contribution >= 4 is 28.9 Å². The van der Waals surface area contributed by atoms with Crippen LogP contribution in [0.3, 0.4) is 0 Å². The van der Waals surface area contributed by atoms with Gasteiger partial charge in [0.15, 0.2) is 0 Å². The lowest BCUT2D eigenvalue weighted by Crippen LogP contribution is -2.36. The van der Waals surface area contributed by atoms with Gasteiger partial charge in [0.2, 0.25) is 0 Å². The molecule has 0 saturated heterocycles. The molecule has 2 amide bonds. The van der Waals surface area contributed by atoms with E-state index in [0.29, 0.717) is 17.2 Å². The second kappa shape index (κ2) is 6.15. The molecule has 17 heavy (non-hydrogen) atoms. The average Bonchev–Trinajstić information content (AvgIpc) is 2.29. The van der Waals surface area contributed by atoms with Gasteiger partial charge in [0.05, 0.1) is 4.99 Å². The first-order valence-electron chi connectivity index (χ1n) is 5.09. The maximum absolute atomic E-state index is 12.6. The average molecular weight is 255 g/mol. The fourth-order valence-electron chi connectivity index (χ4n) is 1.05. The second-order valence-electron chi connectivity index (χ2n) is 3.65. The molecule has 1 atom stereocenters. The fourth-order valence-corrected chi connectivity index (χ4v) is 1.14. The molecule has 0 aliphatic carbocycles. The number of amides is 2. The Balaban J connectivity index is 2.39. The van der Waals surface area contributed by atoms with Gasteiger partial charge in [-0.2, -0.15) is 0 Å². The highest BCUT2D eigenvalue weighted by Gasteiger charge is 2.07. The number of anilines is 1. The van der Waals surface area contributed by atoms with E-state index in [1.807, 2.05) is 6.92 Å². The lowest BCUT2D eigenvalue weighted by atomic mass is 10.2.